The van der Waals surface area contributed by atoms with E-state index in [9.17, 15) is 4.79 Å². The van der Waals surface area contributed by atoms with Gasteiger partial charge in [0.2, 0.25) is 0 Å². The number of carbonyl (C=O) groups excluding carboxylic acids is 1. The van der Waals surface area contributed by atoms with Gasteiger partial charge in [-0.25, -0.2) is 0 Å². The summed E-state index contributed by atoms with van der Waals surface area (Å²) in [4.78, 5) is 20.2. The van der Waals surface area contributed by atoms with Crippen molar-refractivity contribution in [1.29, 1.82) is 0 Å². The standard InChI is InChI=1S/C34H38N2O2S/c1-24-7-14-29-31(21-24)39-34(26-10-8-25(9-11-26)15-20-35-16-3-4-17-35)32(29)33(37)27-12-13-28(30(22-27)38-2)23-36-18-5-6-19-36/h7-14,21-22H,3-6,15-20,23H2,1-2H3. The van der Waals surface area contributed by atoms with E-state index in [1.54, 1.807) is 18.4 Å². The molecular weight excluding hydrogens is 500 g/mol. The zero-order chi connectivity index (χ0) is 26.8. The number of benzene rings is 3. The van der Waals surface area contributed by atoms with E-state index < -0.39 is 0 Å². The van der Waals surface area contributed by atoms with Gasteiger partial charge in [-0.2, -0.15) is 0 Å². The van der Waals surface area contributed by atoms with Crippen molar-refractivity contribution in [2.45, 2.75) is 45.6 Å². The first-order chi connectivity index (χ1) is 19.1. The molecule has 4 aromatic rings. The van der Waals surface area contributed by atoms with Crippen LogP contribution in [0.4, 0.5) is 0 Å². The molecule has 0 aliphatic carbocycles. The van der Waals surface area contributed by atoms with Gasteiger partial charge in [0.05, 0.1) is 7.11 Å². The number of likely N-dealkylation sites (tertiary alicyclic amines) is 2. The molecule has 0 spiro atoms. The van der Waals surface area contributed by atoms with Crippen LogP contribution in [-0.4, -0.2) is 55.4 Å². The summed E-state index contributed by atoms with van der Waals surface area (Å²) < 4.78 is 6.93. The van der Waals surface area contributed by atoms with Crippen LogP contribution >= 0.6 is 11.3 Å². The van der Waals surface area contributed by atoms with Gasteiger partial charge < -0.3 is 9.64 Å². The second kappa shape index (κ2) is 11.6. The van der Waals surface area contributed by atoms with E-state index in [2.05, 4.69) is 65.3 Å². The molecular formula is C34H38N2O2S. The summed E-state index contributed by atoms with van der Waals surface area (Å²) in [6, 6.07) is 21.3. The number of thiophene rings is 1. The van der Waals surface area contributed by atoms with Crippen molar-refractivity contribution in [3.05, 3.63) is 88.5 Å². The third-order valence-electron chi connectivity index (χ3n) is 8.35. The van der Waals surface area contributed by atoms with Crippen LogP contribution in [0.3, 0.4) is 0 Å². The minimum absolute atomic E-state index is 0.0595. The number of ketones is 1. The highest BCUT2D eigenvalue weighted by Crippen LogP contribution is 2.41. The molecule has 1 aromatic heterocycles. The zero-order valence-corrected chi connectivity index (χ0v) is 24.0. The van der Waals surface area contributed by atoms with Crippen LogP contribution in [-0.2, 0) is 13.0 Å². The lowest BCUT2D eigenvalue weighted by Crippen LogP contribution is -2.21. The molecule has 6 rings (SSSR count). The van der Waals surface area contributed by atoms with E-state index in [0.29, 0.717) is 5.56 Å². The number of ether oxygens (including phenoxy) is 1. The van der Waals surface area contributed by atoms with Gasteiger partial charge in [0.1, 0.15) is 5.75 Å². The van der Waals surface area contributed by atoms with Crippen LogP contribution in [0.25, 0.3) is 20.5 Å². The van der Waals surface area contributed by atoms with Crippen LogP contribution in [0.15, 0.2) is 60.7 Å². The maximum absolute atomic E-state index is 14.2. The van der Waals surface area contributed by atoms with Crippen LogP contribution in [0.1, 0.15) is 58.3 Å². The lowest BCUT2D eigenvalue weighted by molar-refractivity contribution is 0.104. The predicted molar refractivity (Wildman–Crippen MR) is 162 cm³/mol. The quantitative estimate of drug-likeness (QED) is 0.209. The van der Waals surface area contributed by atoms with Gasteiger partial charge in [0, 0.05) is 44.7 Å². The third kappa shape index (κ3) is 5.67. The molecule has 0 bridgehead atoms. The highest BCUT2D eigenvalue weighted by atomic mass is 32.1. The monoisotopic (exact) mass is 538 g/mol. The van der Waals surface area contributed by atoms with E-state index >= 15 is 0 Å². The van der Waals surface area contributed by atoms with E-state index in [0.717, 1.165) is 70.0 Å². The number of rotatable bonds is 9. The fourth-order valence-corrected chi connectivity index (χ4v) is 7.39. The third-order valence-corrected chi connectivity index (χ3v) is 9.55. The SMILES string of the molecule is COc1cc(C(=O)c2c(-c3ccc(CCN4CCCC4)cc3)sc3cc(C)ccc23)ccc1CN1CCCC1. The Kier molecular flexibility index (Phi) is 7.83. The van der Waals surface area contributed by atoms with Crippen molar-refractivity contribution < 1.29 is 9.53 Å². The average Bonchev–Trinajstić information content (AvgIpc) is 3.73. The molecule has 4 nitrogen and oxygen atoms in total. The summed E-state index contributed by atoms with van der Waals surface area (Å²) in [7, 11) is 1.70. The van der Waals surface area contributed by atoms with Crippen LogP contribution < -0.4 is 4.74 Å². The molecule has 0 atom stereocenters. The van der Waals surface area contributed by atoms with Crippen LogP contribution in [0.5, 0.6) is 5.75 Å². The van der Waals surface area contributed by atoms with E-state index in [1.165, 1.54) is 49.9 Å². The lowest BCUT2D eigenvalue weighted by atomic mass is 9.95. The normalized spacial score (nSPS) is 16.4. The molecule has 3 heterocycles. The van der Waals surface area contributed by atoms with E-state index in [-0.39, 0.29) is 5.78 Å². The Morgan fingerprint density at radius 1 is 0.872 bits per heavy atom. The Labute approximate surface area is 236 Å². The van der Waals surface area contributed by atoms with Crippen molar-refractivity contribution in [3.63, 3.8) is 0 Å². The number of carbonyl (C=O) groups is 1. The Hall–Kier alpha value is -2.99. The van der Waals surface area contributed by atoms with Crippen molar-refractivity contribution in [2.24, 2.45) is 0 Å². The first-order valence-corrected chi connectivity index (χ1v) is 15.2. The van der Waals surface area contributed by atoms with Crippen LogP contribution in [0, 0.1) is 6.92 Å². The maximum atomic E-state index is 14.2. The van der Waals surface area contributed by atoms with Gasteiger partial charge in [-0.3, -0.25) is 9.69 Å². The molecule has 202 valence electrons. The molecule has 0 amide bonds. The highest BCUT2D eigenvalue weighted by molar-refractivity contribution is 7.22. The summed E-state index contributed by atoms with van der Waals surface area (Å²) >= 11 is 1.72. The van der Waals surface area contributed by atoms with Gasteiger partial charge in [-0.05, 0) is 94.0 Å². The Bertz CT molecular complexity index is 1460. The molecule has 2 saturated heterocycles. The number of hydrogen-bond donors (Lipinski definition) is 0. The average molecular weight is 539 g/mol. The first-order valence-electron chi connectivity index (χ1n) is 14.4. The minimum Gasteiger partial charge on any atom is -0.496 e. The van der Waals surface area contributed by atoms with Crippen molar-refractivity contribution >= 4 is 27.2 Å². The molecule has 5 heteroatoms. The Morgan fingerprint density at radius 3 is 2.31 bits per heavy atom. The fourth-order valence-electron chi connectivity index (χ4n) is 6.09. The zero-order valence-electron chi connectivity index (χ0n) is 23.2. The van der Waals surface area contributed by atoms with Crippen molar-refractivity contribution in [3.8, 4) is 16.2 Å². The summed E-state index contributed by atoms with van der Waals surface area (Å²) in [6.45, 7) is 8.83. The molecule has 3 aromatic carbocycles. The highest BCUT2D eigenvalue weighted by Gasteiger charge is 2.23. The molecule has 0 saturated carbocycles. The summed E-state index contributed by atoms with van der Waals surface area (Å²) in [6.07, 6.45) is 6.24. The topological polar surface area (TPSA) is 32.8 Å². The van der Waals surface area contributed by atoms with Gasteiger partial charge >= 0.3 is 0 Å². The molecule has 0 unspecified atom stereocenters. The van der Waals surface area contributed by atoms with E-state index in [1.807, 2.05) is 12.1 Å². The van der Waals surface area contributed by atoms with Crippen molar-refractivity contribution in [1.82, 2.24) is 9.80 Å². The molecule has 2 aliphatic rings. The second-order valence-corrected chi connectivity index (χ2v) is 12.2. The summed E-state index contributed by atoms with van der Waals surface area (Å²) in [5.74, 6) is 0.858. The predicted octanol–water partition coefficient (Wildman–Crippen LogP) is 7.35. The lowest BCUT2D eigenvalue weighted by Gasteiger charge is -2.17. The maximum Gasteiger partial charge on any atom is 0.195 e. The summed E-state index contributed by atoms with van der Waals surface area (Å²) in [5.41, 5.74) is 6.30. The van der Waals surface area contributed by atoms with E-state index in [4.69, 9.17) is 4.74 Å². The first kappa shape index (κ1) is 26.2. The van der Waals surface area contributed by atoms with Gasteiger partial charge in [0.25, 0.3) is 0 Å². The Balaban J connectivity index is 1.32. The molecule has 39 heavy (non-hydrogen) atoms. The number of aryl methyl sites for hydroxylation is 1. The van der Waals surface area contributed by atoms with Gasteiger partial charge in [0.15, 0.2) is 5.78 Å². The molecule has 0 N–H and O–H groups in total. The number of nitrogens with zero attached hydrogens (tertiary/aromatic N) is 2. The largest absolute Gasteiger partial charge is 0.496 e. The second-order valence-electron chi connectivity index (χ2n) is 11.1. The number of methoxy groups -OCH3 is 1. The van der Waals surface area contributed by atoms with Gasteiger partial charge in [-0.1, -0.05) is 48.5 Å². The Morgan fingerprint density at radius 2 is 1.59 bits per heavy atom. The molecule has 0 radical (unpaired) electrons. The van der Waals surface area contributed by atoms with Gasteiger partial charge in [-0.15, -0.1) is 11.3 Å². The number of hydrogen-bond acceptors (Lipinski definition) is 5. The molecule has 2 aliphatic heterocycles. The smallest absolute Gasteiger partial charge is 0.195 e. The molecule has 2 fully saturated rings. The minimum atomic E-state index is 0.0595. The van der Waals surface area contributed by atoms with Crippen LogP contribution in [0.2, 0.25) is 0 Å². The number of fused-ring (bicyclic) bond motifs is 1. The summed E-state index contributed by atoms with van der Waals surface area (Å²) in [5, 5.41) is 1.03. The van der Waals surface area contributed by atoms with Crippen molar-refractivity contribution in [2.75, 3.05) is 39.8 Å². The fraction of sp³-hybridized carbons (Fsp3) is 0.382.